The van der Waals surface area contributed by atoms with Crippen molar-refractivity contribution >= 4 is 6.03 Å². The van der Waals surface area contributed by atoms with Crippen LogP contribution in [0.4, 0.5) is 4.79 Å². The van der Waals surface area contributed by atoms with Gasteiger partial charge in [-0.2, -0.15) is 0 Å². The van der Waals surface area contributed by atoms with Crippen molar-refractivity contribution in [2.45, 2.75) is 39.8 Å². The number of nitrogens with one attached hydrogen (secondary N) is 1. The van der Waals surface area contributed by atoms with E-state index in [1.165, 1.54) is 0 Å². The van der Waals surface area contributed by atoms with E-state index in [1.54, 1.807) is 4.90 Å². The van der Waals surface area contributed by atoms with Gasteiger partial charge in [0.05, 0.1) is 6.61 Å². The van der Waals surface area contributed by atoms with Gasteiger partial charge in [-0.05, 0) is 33.8 Å². The third-order valence-corrected chi connectivity index (χ3v) is 2.86. The number of aliphatic hydroxyl groups excluding tert-OH is 1. The lowest BCUT2D eigenvalue weighted by Crippen LogP contribution is -2.41. The third-order valence-electron chi connectivity index (χ3n) is 2.86. The highest BCUT2D eigenvalue weighted by Crippen LogP contribution is 2.22. The van der Waals surface area contributed by atoms with Gasteiger partial charge in [0.25, 0.3) is 0 Å². The maximum atomic E-state index is 12.0. The fourth-order valence-electron chi connectivity index (χ4n) is 1.89. The van der Waals surface area contributed by atoms with E-state index in [1.807, 2.05) is 52.0 Å². The standard InChI is InChI=1S/C16H26N2O3/c1-5-18(10-11-19)15(20)17-12-13-8-6-7-9-14(13)21-16(2,3)4/h6-9,19H,5,10-12H2,1-4H3,(H,17,20). The van der Waals surface area contributed by atoms with Crippen LogP contribution in [0.1, 0.15) is 33.3 Å². The summed E-state index contributed by atoms with van der Waals surface area (Å²) in [5, 5.41) is 11.8. The molecule has 21 heavy (non-hydrogen) atoms. The number of hydrogen-bond donors (Lipinski definition) is 2. The topological polar surface area (TPSA) is 61.8 Å². The molecule has 0 atom stereocenters. The van der Waals surface area contributed by atoms with Gasteiger partial charge >= 0.3 is 6.03 Å². The van der Waals surface area contributed by atoms with Crippen LogP contribution in [0.15, 0.2) is 24.3 Å². The van der Waals surface area contributed by atoms with Crippen molar-refractivity contribution in [1.29, 1.82) is 0 Å². The smallest absolute Gasteiger partial charge is 0.317 e. The number of para-hydroxylation sites is 1. The minimum atomic E-state index is -0.285. The minimum Gasteiger partial charge on any atom is -0.488 e. The lowest BCUT2D eigenvalue weighted by molar-refractivity contribution is 0.129. The van der Waals surface area contributed by atoms with Crippen molar-refractivity contribution in [2.75, 3.05) is 19.7 Å². The molecule has 0 saturated heterocycles. The zero-order chi connectivity index (χ0) is 15.9. The molecule has 0 spiro atoms. The lowest BCUT2D eigenvalue weighted by atomic mass is 10.1. The Morgan fingerprint density at radius 1 is 1.33 bits per heavy atom. The van der Waals surface area contributed by atoms with Gasteiger partial charge in [-0.1, -0.05) is 18.2 Å². The first-order valence-electron chi connectivity index (χ1n) is 7.28. The lowest BCUT2D eigenvalue weighted by Gasteiger charge is -2.24. The molecule has 5 nitrogen and oxygen atoms in total. The van der Waals surface area contributed by atoms with Crippen molar-refractivity contribution in [3.8, 4) is 5.75 Å². The Balaban J connectivity index is 2.69. The van der Waals surface area contributed by atoms with Crippen LogP contribution in [0.3, 0.4) is 0 Å². The van der Waals surface area contributed by atoms with Gasteiger partial charge < -0.3 is 20.1 Å². The highest BCUT2D eigenvalue weighted by atomic mass is 16.5. The fourth-order valence-corrected chi connectivity index (χ4v) is 1.89. The summed E-state index contributed by atoms with van der Waals surface area (Å²) < 4.78 is 5.89. The zero-order valence-electron chi connectivity index (χ0n) is 13.3. The summed E-state index contributed by atoms with van der Waals surface area (Å²) in [6, 6.07) is 7.48. The number of rotatable bonds is 6. The SMILES string of the molecule is CCN(CCO)C(=O)NCc1ccccc1OC(C)(C)C. The summed E-state index contributed by atoms with van der Waals surface area (Å²) in [5.74, 6) is 0.774. The van der Waals surface area contributed by atoms with E-state index in [4.69, 9.17) is 9.84 Å². The maximum absolute atomic E-state index is 12.0. The largest absolute Gasteiger partial charge is 0.488 e. The Morgan fingerprint density at radius 2 is 2.00 bits per heavy atom. The number of urea groups is 1. The first-order valence-corrected chi connectivity index (χ1v) is 7.28. The van der Waals surface area contributed by atoms with E-state index in [0.717, 1.165) is 11.3 Å². The van der Waals surface area contributed by atoms with Gasteiger partial charge in [0, 0.05) is 25.2 Å². The fraction of sp³-hybridized carbons (Fsp3) is 0.562. The predicted molar refractivity (Wildman–Crippen MR) is 83.4 cm³/mol. The molecule has 2 N–H and O–H groups in total. The average molecular weight is 294 g/mol. The van der Waals surface area contributed by atoms with Crippen LogP contribution in [0.2, 0.25) is 0 Å². The number of carbonyl (C=O) groups is 1. The maximum Gasteiger partial charge on any atom is 0.317 e. The Morgan fingerprint density at radius 3 is 2.57 bits per heavy atom. The second kappa shape index (κ2) is 7.88. The molecule has 0 aromatic heterocycles. The Hall–Kier alpha value is -1.75. The van der Waals surface area contributed by atoms with Crippen molar-refractivity contribution in [1.82, 2.24) is 10.2 Å². The highest BCUT2D eigenvalue weighted by molar-refractivity contribution is 5.74. The molecule has 5 heteroatoms. The van der Waals surface area contributed by atoms with E-state index in [9.17, 15) is 4.79 Å². The molecule has 2 amide bonds. The number of carbonyl (C=O) groups excluding carboxylic acids is 1. The molecule has 0 saturated carbocycles. The van der Waals surface area contributed by atoms with E-state index in [2.05, 4.69) is 5.32 Å². The summed E-state index contributed by atoms with van der Waals surface area (Å²) in [6.45, 7) is 9.10. The molecule has 1 aromatic carbocycles. The van der Waals surface area contributed by atoms with E-state index in [-0.39, 0.29) is 18.2 Å². The number of nitrogens with zero attached hydrogens (tertiary/aromatic N) is 1. The van der Waals surface area contributed by atoms with Crippen LogP contribution < -0.4 is 10.1 Å². The Kier molecular flexibility index (Phi) is 6.49. The molecular weight excluding hydrogens is 268 g/mol. The molecule has 0 heterocycles. The number of likely N-dealkylation sites (N-methyl/N-ethyl adjacent to an activating group) is 1. The van der Waals surface area contributed by atoms with Crippen LogP contribution in [0, 0.1) is 0 Å². The van der Waals surface area contributed by atoms with Crippen molar-refractivity contribution in [3.05, 3.63) is 29.8 Å². The summed E-state index contributed by atoms with van der Waals surface area (Å²) >= 11 is 0. The van der Waals surface area contributed by atoms with Crippen LogP contribution in [0.25, 0.3) is 0 Å². The van der Waals surface area contributed by atoms with Gasteiger partial charge in [0.15, 0.2) is 0 Å². The first-order chi connectivity index (χ1) is 9.87. The van der Waals surface area contributed by atoms with Gasteiger partial charge in [-0.15, -0.1) is 0 Å². The highest BCUT2D eigenvalue weighted by Gasteiger charge is 2.15. The molecule has 0 aliphatic carbocycles. The van der Waals surface area contributed by atoms with Crippen LogP contribution >= 0.6 is 0 Å². The number of ether oxygens (including phenoxy) is 1. The molecule has 1 aromatic rings. The van der Waals surface area contributed by atoms with E-state index >= 15 is 0 Å². The molecule has 0 aliphatic rings. The summed E-state index contributed by atoms with van der Waals surface area (Å²) in [5.41, 5.74) is 0.646. The van der Waals surface area contributed by atoms with Gasteiger partial charge in [0.1, 0.15) is 11.4 Å². The Bertz CT molecular complexity index is 455. The molecule has 0 aliphatic heterocycles. The second-order valence-electron chi connectivity index (χ2n) is 5.78. The molecule has 1 rings (SSSR count). The number of hydrogen-bond acceptors (Lipinski definition) is 3. The normalized spacial score (nSPS) is 11.1. The molecule has 0 radical (unpaired) electrons. The minimum absolute atomic E-state index is 0.0367. The molecule has 118 valence electrons. The van der Waals surface area contributed by atoms with Crippen LogP contribution in [0.5, 0.6) is 5.75 Å². The number of benzene rings is 1. The first kappa shape index (κ1) is 17.3. The van der Waals surface area contributed by atoms with Crippen LogP contribution in [-0.2, 0) is 6.54 Å². The zero-order valence-corrected chi connectivity index (χ0v) is 13.3. The van der Waals surface area contributed by atoms with Crippen LogP contribution in [-0.4, -0.2) is 41.3 Å². The van der Waals surface area contributed by atoms with E-state index < -0.39 is 0 Å². The number of amides is 2. The van der Waals surface area contributed by atoms with Crippen molar-refractivity contribution in [3.63, 3.8) is 0 Å². The second-order valence-corrected chi connectivity index (χ2v) is 5.78. The molecular formula is C16H26N2O3. The molecule has 0 unspecified atom stereocenters. The Labute approximate surface area is 126 Å². The average Bonchev–Trinajstić information content (AvgIpc) is 2.41. The number of aliphatic hydroxyl groups is 1. The summed E-state index contributed by atoms with van der Waals surface area (Å²) in [7, 11) is 0. The third kappa shape index (κ3) is 6.04. The quantitative estimate of drug-likeness (QED) is 0.847. The van der Waals surface area contributed by atoms with Gasteiger partial charge in [-0.25, -0.2) is 4.79 Å². The molecule has 0 bridgehead atoms. The van der Waals surface area contributed by atoms with Gasteiger partial charge in [0.2, 0.25) is 0 Å². The van der Waals surface area contributed by atoms with Gasteiger partial charge in [-0.3, -0.25) is 0 Å². The summed E-state index contributed by atoms with van der Waals surface area (Å²) in [4.78, 5) is 13.6. The van der Waals surface area contributed by atoms with E-state index in [0.29, 0.717) is 19.6 Å². The monoisotopic (exact) mass is 294 g/mol. The molecule has 0 fully saturated rings. The van der Waals surface area contributed by atoms with Crippen molar-refractivity contribution < 1.29 is 14.6 Å². The predicted octanol–water partition coefficient (Wildman–Crippen LogP) is 2.39. The van der Waals surface area contributed by atoms with Crippen molar-refractivity contribution in [2.24, 2.45) is 0 Å². The summed E-state index contributed by atoms with van der Waals surface area (Å²) in [6.07, 6.45) is 0.